The smallest absolute Gasteiger partial charge is 0.190 e. The first-order chi connectivity index (χ1) is 20.6. The molecule has 4 N–H and O–H groups in total. The number of hydrogen-bond acceptors (Lipinski definition) is 4. The Bertz CT molecular complexity index is 1990. The molecule has 6 nitrogen and oxygen atoms in total. The van der Waals surface area contributed by atoms with E-state index in [1.165, 1.54) is 0 Å². The highest BCUT2D eigenvalue weighted by atomic mass is 16.1. The maximum atomic E-state index is 13.2. The quantitative estimate of drug-likeness (QED) is 0.158. The number of H-pyrrole nitrogens is 2. The van der Waals surface area contributed by atoms with Crippen molar-refractivity contribution in [3.63, 3.8) is 0 Å². The second-order valence-electron chi connectivity index (χ2n) is 10.2. The van der Waals surface area contributed by atoms with E-state index in [0.717, 1.165) is 33.9 Å². The number of hydrogen-bond donors (Lipinski definition) is 4. The summed E-state index contributed by atoms with van der Waals surface area (Å²) in [6, 6.07) is 42.4. The van der Waals surface area contributed by atoms with Crippen molar-refractivity contribution in [2.45, 2.75) is 0 Å². The monoisotopic (exact) mass is 546 g/mol. The zero-order chi connectivity index (χ0) is 28.5. The van der Waals surface area contributed by atoms with E-state index in [0.29, 0.717) is 33.2 Å². The maximum absolute atomic E-state index is 13.2. The molecule has 0 aliphatic heterocycles. The fourth-order valence-electron chi connectivity index (χ4n) is 5.15. The highest BCUT2D eigenvalue weighted by Crippen LogP contribution is 2.26. The van der Waals surface area contributed by atoms with Gasteiger partial charge >= 0.3 is 0 Å². The average Bonchev–Trinajstić information content (AvgIpc) is 3.02. The minimum absolute atomic E-state index is 0.116. The molecule has 2 aromatic heterocycles. The standard InChI is InChI=1S/C36H26N4O2/c41-35-21-31(23-11-15-27(16-12-23)37-25-7-3-1-4-8-25)39-33-19-30-34(20-29(33)35)40-32(22-36(30)42)24-13-17-28(18-14-24)38-26-9-5-2-6-10-26/h1-22,37-38H,(H,39,41)(H,40,42). The summed E-state index contributed by atoms with van der Waals surface area (Å²) in [5.41, 5.74) is 8.03. The van der Waals surface area contributed by atoms with Crippen LogP contribution < -0.4 is 21.5 Å². The van der Waals surface area contributed by atoms with Gasteiger partial charge < -0.3 is 20.6 Å². The van der Waals surface area contributed by atoms with Gasteiger partial charge in [0, 0.05) is 57.0 Å². The van der Waals surface area contributed by atoms with Crippen LogP contribution in [-0.4, -0.2) is 9.97 Å². The van der Waals surface area contributed by atoms with Crippen LogP contribution in [0.25, 0.3) is 44.3 Å². The molecule has 6 heteroatoms. The second kappa shape index (κ2) is 10.6. The third kappa shape index (κ3) is 5.05. The fourth-order valence-corrected chi connectivity index (χ4v) is 5.15. The van der Waals surface area contributed by atoms with Crippen molar-refractivity contribution in [2.24, 2.45) is 0 Å². The van der Waals surface area contributed by atoms with Crippen molar-refractivity contribution in [3.05, 3.63) is 154 Å². The Morgan fingerprint density at radius 3 is 1.14 bits per heavy atom. The van der Waals surface area contributed by atoms with Crippen molar-refractivity contribution in [3.8, 4) is 22.5 Å². The van der Waals surface area contributed by atoms with Gasteiger partial charge in [-0.2, -0.15) is 0 Å². The van der Waals surface area contributed by atoms with E-state index in [4.69, 9.17) is 0 Å². The number of aromatic amines is 2. The molecule has 0 aliphatic rings. The van der Waals surface area contributed by atoms with E-state index in [1.807, 2.05) is 109 Å². The highest BCUT2D eigenvalue weighted by Gasteiger charge is 2.11. The van der Waals surface area contributed by atoms with Gasteiger partial charge in [-0.25, -0.2) is 0 Å². The lowest BCUT2D eigenvalue weighted by Gasteiger charge is -2.10. The van der Waals surface area contributed by atoms with Crippen molar-refractivity contribution in [1.29, 1.82) is 0 Å². The summed E-state index contributed by atoms with van der Waals surface area (Å²) in [5.74, 6) is 0. The van der Waals surface area contributed by atoms with Gasteiger partial charge in [0.05, 0.1) is 11.0 Å². The van der Waals surface area contributed by atoms with Crippen LogP contribution in [0.15, 0.2) is 143 Å². The Morgan fingerprint density at radius 1 is 0.405 bits per heavy atom. The van der Waals surface area contributed by atoms with Crippen molar-refractivity contribution in [2.75, 3.05) is 10.6 Å². The molecule has 0 aliphatic carbocycles. The number of nitrogens with one attached hydrogen (secondary N) is 4. The molecule has 0 saturated carbocycles. The highest BCUT2D eigenvalue weighted by molar-refractivity contribution is 5.96. The summed E-state index contributed by atoms with van der Waals surface area (Å²) in [6.45, 7) is 0. The van der Waals surface area contributed by atoms with Gasteiger partial charge in [-0.15, -0.1) is 0 Å². The van der Waals surface area contributed by atoms with Gasteiger partial charge in [0.25, 0.3) is 0 Å². The third-order valence-electron chi connectivity index (χ3n) is 7.29. The first-order valence-corrected chi connectivity index (χ1v) is 13.7. The Morgan fingerprint density at radius 2 is 0.762 bits per heavy atom. The lowest BCUT2D eigenvalue weighted by Crippen LogP contribution is -2.07. The van der Waals surface area contributed by atoms with E-state index in [2.05, 4.69) is 20.6 Å². The minimum Gasteiger partial charge on any atom is -0.356 e. The molecule has 0 fully saturated rings. The van der Waals surface area contributed by atoms with Crippen LogP contribution in [0.2, 0.25) is 0 Å². The lowest BCUT2D eigenvalue weighted by atomic mass is 10.0. The van der Waals surface area contributed by atoms with Crippen LogP contribution in [-0.2, 0) is 0 Å². The summed E-state index contributed by atoms with van der Waals surface area (Å²) in [6.07, 6.45) is 0. The van der Waals surface area contributed by atoms with Crippen LogP contribution in [0.3, 0.4) is 0 Å². The van der Waals surface area contributed by atoms with E-state index < -0.39 is 0 Å². The van der Waals surface area contributed by atoms with Gasteiger partial charge in [-0.1, -0.05) is 60.7 Å². The average molecular weight is 547 g/mol. The number of pyridine rings is 2. The van der Waals surface area contributed by atoms with Gasteiger partial charge in [-0.05, 0) is 71.8 Å². The van der Waals surface area contributed by atoms with Gasteiger partial charge in [0.2, 0.25) is 0 Å². The SMILES string of the molecule is O=c1cc(-c2ccc(Nc3ccccc3)cc2)[nH]c2cc3c(=O)cc(-c4ccc(Nc5ccccc5)cc4)[nH]c3cc12. The summed E-state index contributed by atoms with van der Waals surface area (Å²) < 4.78 is 0. The molecule has 0 bridgehead atoms. The molecular weight excluding hydrogens is 520 g/mol. The molecule has 0 amide bonds. The Labute approximate surface area is 241 Å². The number of anilines is 4. The second-order valence-corrected chi connectivity index (χ2v) is 10.2. The zero-order valence-corrected chi connectivity index (χ0v) is 22.5. The Hall–Kier alpha value is -5.88. The largest absolute Gasteiger partial charge is 0.356 e. The van der Waals surface area contributed by atoms with Crippen LogP contribution in [0.1, 0.15) is 0 Å². The first kappa shape index (κ1) is 25.1. The van der Waals surface area contributed by atoms with E-state index >= 15 is 0 Å². The van der Waals surface area contributed by atoms with Crippen LogP contribution in [0.4, 0.5) is 22.7 Å². The molecule has 0 atom stereocenters. The van der Waals surface area contributed by atoms with Crippen molar-refractivity contribution >= 4 is 44.6 Å². The molecule has 7 rings (SSSR count). The van der Waals surface area contributed by atoms with Gasteiger partial charge in [0.1, 0.15) is 0 Å². The summed E-state index contributed by atoms with van der Waals surface area (Å²) in [7, 11) is 0. The summed E-state index contributed by atoms with van der Waals surface area (Å²) >= 11 is 0. The molecule has 0 saturated heterocycles. The molecule has 7 aromatic rings. The van der Waals surface area contributed by atoms with Crippen LogP contribution >= 0.6 is 0 Å². The Kier molecular flexibility index (Phi) is 6.33. The molecule has 2 heterocycles. The molecule has 0 spiro atoms. The number of rotatable bonds is 6. The Balaban J connectivity index is 1.19. The molecule has 0 unspecified atom stereocenters. The van der Waals surface area contributed by atoms with Crippen molar-refractivity contribution in [1.82, 2.24) is 9.97 Å². The minimum atomic E-state index is -0.116. The van der Waals surface area contributed by atoms with E-state index in [-0.39, 0.29) is 10.9 Å². The number of fused-ring (bicyclic) bond motifs is 2. The maximum Gasteiger partial charge on any atom is 0.190 e. The molecule has 0 radical (unpaired) electrons. The summed E-state index contributed by atoms with van der Waals surface area (Å²) in [5, 5.41) is 7.77. The van der Waals surface area contributed by atoms with Crippen LogP contribution in [0.5, 0.6) is 0 Å². The third-order valence-corrected chi connectivity index (χ3v) is 7.29. The molecule has 42 heavy (non-hydrogen) atoms. The van der Waals surface area contributed by atoms with E-state index in [9.17, 15) is 9.59 Å². The van der Waals surface area contributed by atoms with Gasteiger partial charge in [-0.3, -0.25) is 9.59 Å². The number of benzene rings is 5. The van der Waals surface area contributed by atoms with Crippen LogP contribution in [0, 0.1) is 0 Å². The fraction of sp³-hybridized carbons (Fsp3) is 0. The van der Waals surface area contributed by atoms with E-state index in [1.54, 1.807) is 24.3 Å². The number of para-hydroxylation sites is 2. The van der Waals surface area contributed by atoms with Gasteiger partial charge in [0.15, 0.2) is 10.9 Å². The lowest BCUT2D eigenvalue weighted by molar-refractivity contribution is 1.36. The molecule has 5 aromatic carbocycles. The topological polar surface area (TPSA) is 89.8 Å². The first-order valence-electron chi connectivity index (χ1n) is 13.7. The number of aromatic nitrogens is 2. The molecule has 202 valence electrons. The predicted molar refractivity (Wildman–Crippen MR) is 173 cm³/mol. The van der Waals surface area contributed by atoms with Crippen molar-refractivity contribution < 1.29 is 0 Å². The normalized spacial score (nSPS) is 11.0. The summed E-state index contributed by atoms with van der Waals surface area (Å²) in [4.78, 5) is 33.2. The molecular formula is C36H26N4O2. The predicted octanol–water partition coefficient (Wildman–Crippen LogP) is 8.19. The zero-order valence-electron chi connectivity index (χ0n) is 22.5.